The number of aliphatic hydroxyl groups is 2. The second-order valence-corrected chi connectivity index (χ2v) is 11.1. The monoisotopic (exact) mass is 443 g/mol. The molecule has 2 saturated carbocycles. The first-order valence-corrected chi connectivity index (χ1v) is 12.4. The van der Waals surface area contributed by atoms with Crippen molar-refractivity contribution in [2.45, 2.75) is 51.6 Å². The minimum atomic E-state index is -0.483. The van der Waals surface area contributed by atoms with Gasteiger partial charge in [-0.2, -0.15) is 0 Å². The van der Waals surface area contributed by atoms with Crippen molar-refractivity contribution in [3.8, 4) is 0 Å². The average Bonchev–Trinajstić information content (AvgIpc) is 3.37. The number of aromatic nitrogens is 1. The third-order valence-corrected chi connectivity index (χ3v) is 9.63. The first kappa shape index (κ1) is 21.1. The zero-order valence-corrected chi connectivity index (χ0v) is 19.4. The Hall–Kier alpha value is -2.43. The van der Waals surface area contributed by atoms with Gasteiger partial charge in [0.15, 0.2) is 5.78 Å². The highest BCUT2D eigenvalue weighted by atomic mass is 16.3. The summed E-state index contributed by atoms with van der Waals surface area (Å²) in [5, 5.41) is 21.3. The molecule has 0 bridgehead atoms. The summed E-state index contributed by atoms with van der Waals surface area (Å²) in [6.45, 7) is 4.20. The highest BCUT2D eigenvalue weighted by molar-refractivity contribution is 5.88. The van der Waals surface area contributed by atoms with Gasteiger partial charge in [-0.15, -0.1) is 0 Å². The van der Waals surface area contributed by atoms with Gasteiger partial charge in [0, 0.05) is 28.4 Å². The smallest absolute Gasteiger partial charge is 0.162 e. The van der Waals surface area contributed by atoms with Crippen LogP contribution in [0, 0.1) is 28.6 Å². The summed E-state index contributed by atoms with van der Waals surface area (Å²) in [5.74, 6) is 0.732. The molecule has 4 heteroatoms. The normalized spacial score (nSPS) is 39.5. The quantitative estimate of drug-likeness (QED) is 0.581. The lowest BCUT2D eigenvalue weighted by atomic mass is 9.52. The molecule has 33 heavy (non-hydrogen) atoms. The fourth-order valence-electron chi connectivity index (χ4n) is 8.09. The Morgan fingerprint density at radius 3 is 2.85 bits per heavy atom. The van der Waals surface area contributed by atoms with Gasteiger partial charge in [0.05, 0.1) is 6.10 Å². The summed E-state index contributed by atoms with van der Waals surface area (Å²) in [7, 11) is 0. The van der Waals surface area contributed by atoms with E-state index in [-0.39, 0.29) is 28.4 Å². The summed E-state index contributed by atoms with van der Waals surface area (Å²) in [6.07, 6.45) is 14.1. The summed E-state index contributed by atoms with van der Waals surface area (Å²) < 4.78 is 0. The molecule has 3 unspecified atom stereocenters. The van der Waals surface area contributed by atoms with E-state index in [0.29, 0.717) is 11.8 Å². The van der Waals surface area contributed by atoms with E-state index in [1.807, 2.05) is 18.2 Å². The van der Waals surface area contributed by atoms with Crippen LogP contribution in [0.3, 0.4) is 0 Å². The molecule has 172 valence electrons. The molecule has 1 aromatic carbocycles. The van der Waals surface area contributed by atoms with Crippen LogP contribution in [0.5, 0.6) is 0 Å². The third-order valence-electron chi connectivity index (χ3n) is 9.63. The van der Waals surface area contributed by atoms with Gasteiger partial charge in [-0.3, -0.25) is 4.79 Å². The van der Waals surface area contributed by atoms with Crippen LogP contribution in [0.15, 0.2) is 65.9 Å². The minimum absolute atomic E-state index is 0.0181. The van der Waals surface area contributed by atoms with Gasteiger partial charge >= 0.3 is 0 Å². The topological polar surface area (TPSA) is 73.3 Å². The van der Waals surface area contributed by atoms with E-state index in [1.165, 1.54) is 22.1 Å². The molecule has 6 rings (SSSR count). The highest BCUT2D eigenvalue weighted by Crippen LogP contribution is 2.67. The number of aliphatic hydroxyl groups excluding tert-OH is 2. The van der Waals surface area contributed by atoms with Gasteiger partial charge in [-0.1, -0.05) is 60.6 Å². The van der Waals surface area contributed by atoms with E-state index in [2.05, 4.69) is 55.4 Å². The molecule has 0 amide bonds. The van der Waals surface area contributed by atoms with Crippen molar-refractivity contribution in [1.82, 2.24) is 4.98 Å². The van der Waals surface area contributed by atoms with E-state index in [1.54, 1.807) is 0 Å². The molecule has 3 N–H and O–H groups in total. The summed E-state index contributed by atoms with van der Waals surface area (Å²) in [6, 6.07) is 8.33. The number of nitrogens with one attached hydrogen (secondary N) is 1. The Balaban J connectivity index is 1.44. The van der Waals surface area contributed by atoms with Crippen LogP contribution in [-0.4, -0.2) is 33.7 Å². The van der Waals surface area contributed by atoms with E-state index < -0.39 is 12.7 Å². The Labute approximate surface area is 195 Å². The molecular weight excluding hydrogens is 410 g/mol. The first-order valence-electron chi connectivity index (χ1n) is 12.4. The highest BCUT2D eigenvalue weighted by Gasteiger charge is 2.60. The number of aromatic amines is 1. The molecule has 0 spiro atoms. The molecule has 4 aliphatic rings. The van der Waals surface area contributed by atoms with Crippen LogP contribution < -0.4 is 0 Å². The Bertz CT molecular complexity index is 1220. The van der Waals surface area contributed by atoms with E-state index in [9.17, 15) is 15.0 Å². The van der Waals surface area contributed by atoms with Crippen molar-refractivity contribution in [3.05, 3.63) is 71.5 Å². The van der Waals surface area contributed by atoms with Crippen molar-refractivity contribution < 1.29 is 15.0 Å². The SMILES string of the molecule is C[C@]12C=CC(O)C=C1CCC1C2=CC[C@@]2(C)C1C[C@H](c1c[nH]c3ccccc13)[C@@H]2C(=O)CO. The molecule has 1 aromatic heterocycles. The predicted octanol–water partition coefficient (Wildman–Crippen LogP) is 5.06. The van der Waals surface area contributed by atoms with Crippen molar-refractivity contribution in [1.29, 1.82) is 0 Å². The number of rotatable bonds is 3. The van der Waals surface area contributed by atoms with Crippen molar-refractivity contribution in [2.24, 2.45) is 28.6 Å². The second kappa shape index (κ2) is 7.28. The molecule has 7 atom stereocenters. The van der Waals surface area contributed by atoms with Crippen molar-refractivity contribution in [3.63, 3.8) is 0 Å². The van der Waals surface area contributed by atoms with Crippen molar-refractivity contribution in [2.75, 3.05) is 6.61 Å². The molecule has 4 aliphatic carbocycles. The predicted molar refractivity (Wildman–Crippen MR) is 130 cm³/mol. The van der Waals surface area contributed by atoms with Crippen LogP contribution in [-0.2, 0) is 4.79 Å². The van der Waals surface area contributed by atoms with Crippen LogP contribution in [0.1, 0.15) is 51.0 Å². The molecule has 0 aliphatic heterocycles. The number of carbonyl (C=O) groups is 1. The number of hydrogen-bond donors (Lipinski definition) is 3. The van der Waals surface area contributed by atoms with E-state index >= 15 is 0 Å². The standard InChI is InChI=1S/C29H33NO3/c1-28-11-9-18(32)13-17(28)7-8-20-23(28)10-12-29(2)24(20)14-21(27(29)26(33)16-31)22-15-30-25-6-4-3-5-19(22)25/h3-6,9-11,13,15,18,20-21,24,27,30-32H,7-8,12,14,16H2,1-2H3/t18?,20?,21-,24?,27-,28+,29+/m1/s1. The number of ketones is 1. The lowest BCUT2D eigenvalue weighted by molar-refractivity contribution is -0.130. The Kier molecular flexibility index (Phi) is 4.66. The maximum absolute atomic E-state index is 13.3. The van der Waals surface area contributed by atoms with Crippen LogP contribution in [0.4, 0.5) is 0 Å². The number of para-hydroxylation sites is 1. The van der Waals surface area contributed by atoms with E-state index in [0.717, 1.165) is 31.2 Å². The zero-order valence-electron chi connectivity index (χ0n) is 19.4. The van der Waals surface area contributed by atoms with Gasteiger partial charge < -0.3 is 15.2 Å². The second-order valence-electron chi connectivity index (χ2n) is 11.1. The maximum Gasteiger partial charge on any atom is 0.162 e. The summed E-state index contributed by atoms with van der Waals surface area (Å²) >= 11 is 0. The number of carbonyl (C=O) groups excluding carboxylic acids is 1. The number of fused-ring (bicyclic) bond motifs is 6. The molecule has 2 aromatic rings. The maximum atomic E-state index is 13.3. The summed E-state index contributed by atoms with van der Waals surface area (Å²) in [5.41, 5.74) is 4.84. The van der Waals surface area contributed by atoms with Gasteiger partial charge in [-0.25, -0.2) is 0 Å². The molecule has 2 fully saturated rings. The Morgan fingerprint density at radius 1 is 1.21 bits per heavy atom. The number of benzene rings is 1. The summed E-state index contributed by atoms with van der Waals surface area (Å²) in [4.78, 5) is 16.7. The number of allylic oxidation sites excluding steroid dienone is 4. The van der Waals surface area contributed by atoms with Gasteiger partial charge in [-0.05, 0) is 67.4 Å². The first-order chi connectivity index (χ1) is 15.9. The number of H-pyrrole nitrogens is 1. The molecular formula is C29H33NO3. The lowest BCUT2D eigenvalue weighted by Gasteiger charge is -2.52. The molecule has 1 heterocycles. The number of Topliss-reactive ketones (excluding diaryl/α,β-unsaturated/α-hetero) is 1. The minimum Gasteiger partial charge on any atom is -0.389 e. The zero-order chi connectivity index (χ0) is 23.0. The lowest BCUT2D eigenvalue weighted by Crippen LogP contribution is -2.45. The Morgan fingerprint density at radius 2 is 2.03 bits per heavy atom. The van der Waals surface area contributed by atoms with Gasteiger partial charge in [0.25, 0.3) is 0 Å². The molecule has 0 radical (unpaired) electrons. The van der Waals surface area contributed by atoms with Gasteiger partial charge in [0.1, 0.15) is 6.61 Å². The van der Waals surface area contributed by atoms with Crippen molar-refractivity contribution >= 4 is 16.7 Å². The third kappa shape index (κ3) is 2.87. The van der Waals surface area contributed by atoms with Crippen LogP contribution in [0.25, 0.3) is 10.9 Å². The van der Waals surface area contributed by atoms with E-state index in [4.69, 9.17) is 0 Å². The molecule has 0 saturated heterocycles. The number of hydrogen-bond acceptors (Lipinski definition) is 3. The van der Waals surface area contributed by atoms with Gasteiger partial charge in [0.2, 0.25) is 0 Å². The fourth-order valence-corrected chi connectivity index (χ4v) is 8.09. The fraction of sp³-hybridized carbons (Fsp3) is 0.483. The molecule has 4 nitrogen and oxygen atoms in total. The largest absolute Gasteiger partial charge is 0.389 e. The average molecular weight is 444 g/mol. The van der Waals surface area contributed by atoms with Crippen LogP contribution in [0.2, 0.25) is 0 Å². The van der Waals surface area contributed by atoms with Crippen LogP contribution >= 0.6 is 0 Å².